The molecule has 3 aromatic rings. The molecule has 0 unspecified atom stereocenters. The van der Waals surface area contributed by atoms with Crippen LogP contribution in [0.25, 0.3) is 5.69 Å². The fourth-order valence-electron chi connectivity index (χ4n) is 1.55. The predicted molar refractivity (Wildman–Crippen MR) is 67.3 cm³/mol. The van der Waals surface area contributed by atoms with Crippen LogP contribution in [-0.2, 0) is 5.75 Å². The molecule has 0 amide bonds. The van der Waals surface area contributed by atoms with E-state index in [1.807, 2.05) is 41.1 Å². The van der Waals surface area contributed by atoms with Crippen molar-refractivity contribution in [3.8, 4) is 5.69 Å². The second-order valence-electron chi connectivity index (χ2n) is 3.53. The summed E-state index contributed by atoms with van der Waals surface area (Å²) in [6.45, 7) is 0. The molecule has 3 rings (SSSR count). The second kappa shape index (κ2) is 5.01. The molecular weight excluding hydrogens is 248 g/mol. The maximum Gasteiger partial charge on any atom is 0.184 e. The zero-order valence-corrected chi connectivity index (χ0v) is 10.2. The summed E-state index contributed by atoms with van der Waals surface area (Å²) in [4.78, 5) is 4.33. The minimum atomic E-state index is 0.639. The maximum atomic E-state index is 4.33. The van der Waals surface area contributed by atoms with Crippen LogP contribution < -0.4 is 0 Å². The van der Waals surface area contributed by atoms with Crippen molar-refractivity contribution in [2.45, 2.75) is 10.9 Å². The lowest BCUT2D eigenvalue weighted by atomic mass is 10.3. The van der Waals surface area contributed by atoms with Gasteiger partial charge in [-0.2, -0.15) is 5.21 Å². The molecule has 0 atom stereocenters. The van der Waals surface area contributed by atoms with Crippen molar-refractivity contribution in [2.75, 3.05) is 0 Å². The summed E-state index contributed by atoms with van der Waals surface area (Å²) >= 11 is 1.57. The Hall–Kier alpha value is -2.15. The number of aromatic amines is 1. The molecule has 0 radical (unpaired) electrons. The third kappa shape index (κ3) is 2.25. The van der Waals surface area contributed by atoms with Crippen LogP contribution in [0.2, 0.25) is 0 Å². The molecular formula is C11H10N6S. The molecule has 90 valence electrons. The summed E-state index contributed by atoms with van der Waals surface area (Å²) in [6.07, 6.45) is 3.72. The van der Waals surface area contributed by atoms with Crippen molar-refractivity contribution in [1.29, 1.82) is 0 Å². The van der Waals surface area contributed by atoms with Gasteiger partial charge in [-0.3, -0.25) is 4.57 Å². The second-order valence-corrected chi connectivity index (χ2v) is 4.47. The number of H-pyrrole nitrogens is 1. The van der Waals surface area contributed by atoms with Gasteiger partial charge in [-0.1, -0.05) is 35.2 Å². The zero-order valence-electron chi connectivity index (χ0n) is 9.39. The van der Waals surface area contributed by atoms with Crippen LogP contribution in [0.15, 0.2) is 47.9 Å². The lowest BCUT2D eigenvalue weighted by Crippen LogP contribution is -1.95. The van der Waals surface area contributed by atoms with E-state index in [1.165, 1.54) is 0 Å². The standard InChI is InChI=1S/C11H10N6S/c1-2-4-9(5-3-1)17-7-6-12-11(17)18-8-10-13-15-16-14-10/h1-7H,8H2,(H,13,14,15,16). The average Bonchev–Trinajstić information content (AvgIpc) is 3.09. The van der Waals surface area contributed by atoms with Crippen molar-refractivity contribution in [2.24, 2.45) is 0 Å². The quantitative estimate of drug-likeness (QED) is 0.721. The van der Waals surface area contributed by atoms with Gasteiger partial charge in [-0.15, -0.1) is 10.2 Å². The van der Waals surface area contributed by atoms with Gasteiger partial charge in [0, 0.05) is 18.1 Å². The molecule has 0 saturated heterocycles. The molecule has 0 aliphatic rings. The SMILES string of the molecule is c1ccc(-n2ccnc2SCc2nn[nH]n2)cc1. The topological polar surface area (TPSA) is 72.3 Å². The van der Waals surface area contributed by atoms with E-state index >= 15 is 0 Å². The van der Waals surface area contributed by atoms with Gasteiger partial charge in [0.25, 0.3) is 0 Å². The van der Waals surface area contributed by atoms with Crippen LogP contribution in [0.4, 0.5) is 0 Å². The summed E-state index contributed by atoms with van der Waals surface area (Å²) < 4.78 is 2.03. The number of hydrogen-bond acceptors (Lipinski definition) is 5. The predicted octanol–water partition coefficient (Wildman–Crippen LogP) is 1.68. The average molecular weight is 258 g/mol. The van der Waals surface area contributed by atoms with Crippen molar-refractivity contribution >= 4 is 11.8 Å². The summed E-state index contributed by atoms with van der Waals surface area (Å²) in [5.74, 6) is 1.31. The Morgan fingerprint density at radius 3 is 2.89 bits per heavy atom. The number of thioether (sulfide) groups is 1. The van der Waals surface area contributed by atoms with Crippen molar-refractivity contribution in [1.82, 2.24) is 30.2 Å². The van der Waals surface area contributed by atoms with Crippen LogP contribution in [0.5, 0.6) is 0 Å². The number of tetrazole rings is 1. The van der Waals surface area contributed by atoms with E-state index in [4.69, 9.17) is 0 Å². The van der Waals surface area contributed by atoms with Crippen LogP contribution in [0.1, 0.15) is 5.82 Å². The molecule has 0 aliphatic carbocycles. The molecule has 0 bridgehead atoms. The van der Waals surface area contributed by atoms with E-state index in [9.17, 15) is 0 Å². The van der Waals surface area contributed by atoms with Crippen molar-refractivity contribution in [3.63, 3.8) is 0 Å². The van der Waals surface area contributed by atoms with Crippen molar-refractivity contribution in [3.05, 3.63) is 48.5 Å². The third-order valence-corrected chi connectivity index (χ3v) is 3.32. The Balaban J connectivity index is 1.80. The first-order chi connectivity index (χ1) is 8.93. The summed E-state index contributed by atoms with van der Waals surface area (Å²) in [6, 6.07) is 10.1. The number of rotatable bonds is 4. The van der Waals surface area contributed by atoms with Gasteiger partial charge in [0.15, 0.2) is 11.0 Å². The first kappa shape index (κ1) is 11.0. The van der Waals surface area contributed by atoms with Gasteiger partial charge in [0.05, 0.1) is 5.75 Å². The Bertz CT molecular complexity index is 604. The number of benzene rings is 1. The molecule has 6 nitrogen and oxygen atoms in total. The minimum absolute atomic E-state index is 0.639. The molecule has 2 heterocycles. The van der Waals surface area contributed by atoms with Crippen LogP contribution in [0, 0.1) is 0 Å². The van der Waals surface area contributed by atoms with Gasteiger partial charge < -0.3 is 0 Å². The van der Waals surface area contributed by atoms with E-state index < -0.39 is 0 Å². The zero-order chi connectivity index (χ0) is 12.2. The van der Waals surface area contributed by atoms with Crippen LogP contribution in [0.3, 0.4) is 0 Å². The van der Waals surface area contributed by atoms with Gasteiger partial charge in [-0.25, -0.2) is 4.98 Å². The lowest BCUT2D eigenvalue weighted by molar-refractivity contribution is 0.881. The molecule has 0 aliphatic heterocycles. The number of hydrogen-bond donors (Lipinski definition) is 1. The molecule has 7 heteroatoms. The first-order valence-corrected chi connectivity index (χ1v) is 6.36. The largest absolute Gasteiger partial charge is 0.295 e. The summed E-state index contributed by atoms with van der Waals surface area (Å²) in [7, 11) is 0. The fraction of sp³-hybridized carbons (Fsp3) is 0.0909. The monoisotopic (exact) mass is 258 g/mol. The van der Waals surface area contributed by atoms with Crippen molar-refractivity contribution < 1.29 is 0 Å². The van der Waals surface area contributed by atoms with E-state index in [1.54, 1.807) is 18.0 Å². The highest BCUT2D eigenvalue weighted by Crippen LogP contribution is 2.22. The number of imidazole rings is 1. The number of aromatic nitrogens is 6. The fourth-order valence-corrected chi connectivity index (χ4v) is 2.38. The Morgan fingerprint density at radius 2 is 2.11 bits per heavy atom. The molecule has 18 heavy (non-hydrogen) atoms. The Kier molecular flexibility index (Phi) is 3.05. The third-order valence-electron chi connectivity index (χ3n) is 2.36. The highest BCUT2D eigenvalue weighted by molar-refractivity contribution is 7.98. The highest BCUT2D eigenvalue weighted by atomic mass is 32.2. The first-order valence-electron chi connectivity index (χ1n) is 5.37. The molecule has 1 aromatic carbocycles. The Labute approximate surface area is 107 Å². The molecule has 0 fully saturated rings. The minimum Gasteiger partial charge on any atom is -0.295 e. The van der Waals surface area contributed by atoms with Crippen LogP contribution >= 0.6 is 11.8 Å². The molecule has 0 saturated carbocycles. The molecule has 1 N–H and O–H groups in total. The highest BCUT2D eigenvalue weighted by Gasteiger charge is 2.07. The van der Waals surface area contributed by atoms with Crippen LogP contribution in [-0.4, -0.2) is 30.2 Å². The van der Waals surface area contributed by atoms with E-state index in [0.717, 1.165) is 10.8 Å². The van der Waals surface area contributed by atoms with E-state index in [2.05, 4.69) is 25.6 Å². The smallest absolute Gasteiger partial charge is 0.184 e. The number of para-hydroxylation sites is 1. The maximum absolute atomic E-state index is 4.33. The normalized spacial score (nSPS) is 10.7. The van der Waals surface area contributed by atoms with Gasteiger partial charge in [-0.05, 0) is 12.1 Å². The van der Waals surface area contributed by atoms with Gasteiger partial charge in [0.2, 0.25) is 0 Å². The van der Waals surface area contributed by atoms with Gasteiger partial charge in [0.1, 0.15) is 0 Å². The summed E-state index contributed by atoms with van der Waals surface area (Å²) in [5, 5.41) is 14.7. The number of nitrogens with one attached hydrogen (secondary N) is 1. The van der Waals surface area contributed by atoms with Gasteiger partial charge >= 0.3 is 0 Å². The number of nitrogens with zero attached hydrogens (tertiary/aromatic N) is 5. The van der Waals surface area contributed by atoms with E-state index in [-0.39, 0.29) is 0 Å². The molecule has 0 spiro atoms. The lowest BCUT2D eigenvalue weighted by Gasteiger charge is -2.05. The summed E-state index contributed by atoms with van der Waals surface area (Å²) in [5.41, 5.74) is 1.09. The molecule has 2 aromatic heterocycles. The Morgan fingerprint density at radius 1 is 1.22 bits per heavy atom. The van der Waals surface area contributed by atoms with E-state index in [0.29, 0.717) is 11.6 Å².